The van der Waals surface area contributed by atoms with Crippen LogP contribution in [0.2, 0.25) is 0 Å². The molecule has 0 saturated carbocycles. The number of aromatic nitrogens is 2. The fourth-order valence-corrected chi connectivity index (χ4v) is 3.90. The van der Waals surface area contributed by atoms with E-state index in [9.17, 15) is 35.9 Å². The van der Waals surface area contributed by atoms with E-state index < -0.39 is 34.9 Å². The lowest BCUT2D eigenvalue weighted by molar-refractivity contribution is -0.138. The van der Waals surface area contributed by atoms with Crippen molar-refractivity contribution in [3.05, 3.63) is 87.3 Å². The van der Waals surface area contributed by atoms with Gasteiger partial charge >= 0.3 is 12.4 Å². The van der Waals surface area contributed by atoms with Crippen LogP contribution in [0.4, 0.5) is 38.0 Å². The number of benzene rings is 2. The topological polar surface area (TPSA) is 81.3 Å². The molecule has 0 radical (unpaired) electrons. The van der Waals surface area contributed by atoms with Crippen LogP contribution in [0.1, 0.15) is 27.0 Å². The van der Waals surface area contributed by atoms with E-state index in [4.69, 9.17) is 0 Å². The number of alkyl halides is 6. The van der Waals surface area contributed by atoms with Gasteiger partial charge < -0.3 is 15.1 Å². The Morgan fingerprint density at radius 3 is 2.11 bits per heavy atom. The number of nitrogens with one attached hydrogen (secondary N) is 2. The molecule has 13 heteroatoms. The van der Waals surface area contributed by atoms with Gasteiger partial charge in [0.2, 0.25) is 5.95 Å². The largest absolute Gasteiger partial charge is 0.416 e. The Balaban J connectivity index is 1.37. The number of amides is 1. The van der Waals surface area contributed by atoms with Crippen LogP contribution in [0.3, 0.4) is 0 Å². The summed E-state index contributed by atoms with van der Waals surface area (Å²) in [7, 11) is 0. The Kier molecular flexibility index (Phi) is 7.14. The number of hydrogen-bond donors (Lipinski definition) is 2. The van der Waals surface area contributed by atoms with Gasteiger partial charge in [-0.2, -0.15) is 26.3 Å². The minimum absolute atomic E-state index is 0.197. The smallest absolute Gasteiger partial charge is 0.368 e. The van der Waals surface area contributed by atoms with Crippen LogP contribution >= 0.6 is 0 Å². The first-order valence-corrected chi connectivity index (χ1v) is 11.1. The maximum absolute atomic E-state index is 13.0. The molecule has 1 aliphatic rings. The zero-order valence-electron chi connectivity index (χ0n) is 19.2. The van der Waals surface area contributed by atoms with E-state index in [0.29, 0.717) is 31.9 Å². The van der Waals surface area contributed by atoms with E-state index in [0.717, 1.165) is 30.5 Å². The fourth-order valence-electron chi connectivity index (χ4n) is 3.90. The lowest BCUT2D eigenvalue weighted by atomic mass is 10.1. The Morgan fingerprint density at radius 2 is 1.49 bits per heavy atom. The molecule has 0 bridgehead atoms. The number of nitrogens with zero attached hydrogens (tertiary/aromatic N) is 3. The number of H-pyrrole nitrogens is 1. The van der Waals surface area contributed by atoms with E-state index in [1.54, 1.807) is 15.9 Å². The summed E-state index contributed by atoms with van der Waals surface area (Å²) in [5.74, 6) is -0.602. The van der Waals surface area contributed by atoms with E-state index >= 15 is 0 Å². The number of halogens is 6. The average molecular weight is 525 g/mol. The predicted molar refractivity (Wildman–Crippen MR) is 123 cm³/mol. The molecule has 0 atom stereocenters. The lowest BCUT2D eigenvalue weighted by Gasteiger charge is -2.36. The molecule has 0 aliphatic carbocycles. The van der Waals surface area contributed by atoms with Crippen molar-refractivity contribution in [2.45, 2.75) is 18.9 Å². The van der Waals surface area contributed by atoms with Crippen molar-refractivity contribution in [2.24, 2.45) is 0 Å². The number of rotatable bonds is 5. The van der Waals surface area contributed by atoms with Crippen LogP contribution in [0.5, 0.6) is 0 Å². The monoisotopic (exact) mass is 525 g/mol. The molecule has 37 heavy (non-hydrogen) atoms. The number of aromatic amines is 1. The van der Waals surface area contributed by atoms with Gasteiger partial charge in [0.05, 0.1) is 11.1 Å². The van der Waals surface area contributed by atoms with Gasteiger partial charge in [0, 0.05) is 44.6 Å². The number of hydrogen-bond acceptors (Lipinski definition) is 5. The highest BCUT2D eigenvalue weighted by Crippen LogP contribution is 2.32. The minimum atomic E-state index is -4.52. The summed E-state index contributed by atoms with van der Waals surface area (Å²) in [5, 5.41) is 2.41. The van der Waals surface area contributed by atoms with Gasteiger partial charge in [-0.15, -0.1) is 0 Å². The predicted octanol–water partition coefficient (Wildman–Crippen LogP) is 4.06. The summed E-state index contributed by atoms with van der Waals surface area (Å²) < 4.78 is 77.6. The molecular formula is C24H21F6N5O2. The van der Waals surface area contributed by atoms with E-state index in [2.05, 4.69) is 15.3 Å². The highest BCUT2D eigenvalue weighted by molar-refractivity contribution is 5.93. The van der Waals surface area contributed by atoms with Gasteiger partial charge in [0.25, 0.3) is 11.5 Å². The van der Waals surface area contributed by atoms with Crippen molar-refractivity contribution < 1.29 is 31.1 Å². The molecule has 0 unspecified atom stereocenters. The van der Waals surface area contributed by atoms with Crippen molar-refractivity contribution in [1.82, 2.24) is 15.3 Å². The first-order valence-electron chi connectivity index (χ1n) is 11.1. The molecule has 4 rings (SSSR count). The molecule has 1 amide bonds. The summed E-state index contributed by atoms with van der Waals surface area (Å²) in [4.78, 5) is 35.1. The summed E-state index contributed by atoms with van der Waals surface area (Å²) in [5.41, 5.74) is -1.98. The first-order chi connectivity index (χ1) is 17.4. The highest BCUT2D eigenvalue weighted by Gasteiger charge is 2.32. The molecule has 1 fully saturated rings. The zero-order chi connectivity index (χ0) is 26.8. The summed E-state index contributed by atoms with van der Waals surface area (Å²) in [6.07, 6.45) is -7.88. The Bertz CT molecular complexity index is 1330. The zero-order valence-corrected chi connectivity index (χ0v) is 19.2. The maximum atomic E-state index is 13.0. The second kappa shape index (κ2) is 10.1. The normalized spacial score (nSPS) is 14.5. The number of piperazine rings is 1. The average Bonchev–Trinajstić information content (AvgIpc) is 2.86. The van der Waals surface area contributed by atoms with Crippen molar-refractivity contribution in [1.29, 1.82) is 0 Å². The van der Waals surface area contributed by atoms with Crippen molar-refractivity contribution in [3.8, 4) is 0 Å². The lowest BCUT2D eigenvalue weighted by Crippen LogP contribution is -2.47. The summed E-state index contributed by atoms with van der Waals surface area (Å²) >= 11 is 0. The first kappa shape index (κ1) is 26.0. The quantitative estimate of drug-likeness (QED) is 0.491. The third kappa shape index (κ3) is 6.22. The van der Waals surface area contributed by atoms with Gasteiger partial charge in [0.15, 0.2) is 0 Å². The third-order valence-electron chi connectivity index (χ3n) is 5.86. The van der Waals surface area contributed by atoms with Gasteiger partial charge in [-0.3, -0.25) is 14.6 Å². The van der Waals surface area contributed by atoms with Crippen LogP contribution in [-0.4, -0.2) is 42.1 Å². The maximum Gasteiger partial charge on any atom is 0.416 e. The molecular weight excluding hydrogens is 504 g/mol. The molecule has 2 heterocycles. The van der Waals surface area contributed by atoms with Crippen molar-refractivity contribution in [3.63, 3.8) is 0 Å². The second-order valence-corrected chi connectivity index (χ2v) is 8.35. The molecule has 2 aromatic carbocycles. The Hall–Kier alpha value is -4.03. The highest BCUT2D eigenvalue weighted by atomic mass is 19.4. The van der Waals surface area contributed by atoms with Gasteiger partial charge in [-0.25, -0.2) is 4.98 Å². The van der Waals surface area contributed by atoms with Crippen LogP contribution in [0, 0.1) is 0 Å². The molecule has 0 spiro atoms. The Morgan fingerprint density at radius 1 is 0.892 bits per heavy atom. The van der Waals surface area contributed by atoms with Gasteiger partial charge in [0.1, 0.15) is 5.56 Å². The third-order valence-corrected chi connectivity index (χ3v) is 5.86. The number of carbonyl (C=O) groups is 1. The molecule has 196 valence electrons. The van der Waals surface area contributed by atoms with Crippen LogP contribution in [0.25, 0.3) is 0 Å². The van der Waals surface area contributed by atoms with E-state index in [1.807, 2.05) is 0 Å². The SMILES string of the molecule is O=C(NCc1cccc(C(F)(F)F)c1)c1cnc(N2CCN(c3cccc(C(F)(F)F)c3)CC2)[nH]c1=O. The standard InChI is InChI=1S/C24H21F6N5O2/c25-23(26,27)16-4-1-3-15(11-16)13-31-20(36)19-14-32-22(33-21(19)37)35-9-7-34(8-10-35)18-6-2-5-17(12-18)24(28,29)30/h1-6,11-12,14H,7-10,13H2,(H,31,36)(H,32,33,37). The van der Waals surface area contributed by atoms with Crippen LogP contribution in [-0.2, 0) is 18.9 Å². The number of carbonyl (C=O) groups excluding carboxylic acids is 1. The second-order valence-electron chi connectivity index (χ2n) is 8.35. The van der Waals surface area contributed by atoms with Crippen LogP contribution in [0.15, 0.2) is 59.5 Å². The fraction of sp³-hybridized carbons (Fsp3) is 0.292. The molecule has 1 aliphatic heterocycles. The van der Waals surface area contributed by atoms with E-state index in [1.165, 1.54) is 18.2 Å². The van der Waals surface area contributed by atoms with E-state index in [-0.39, 0.29) is 23.6 Å². The van der Waals surface area contributed by atoms with Crippen LogP contribution < -0.4 is 20.7 Å². The van der Waals surface area contributed by atoms with Crippen molar-refractivity contribution >= 4 is 17.5 Å². The minimum Gasteiger partial charge on any atom is -0.368 e. The molecule has 1 saturated heterocycles. The molecule has 1 aromatic heterocycles. The van der Waals surface area contributed by atoms with Gasteiger partial charge in [-0.1, -0.05) is 18.2 Å². The van der Waals surface area contributed by atoms with Crippen molar-refractivity contribution in [2.75, 3.05) is 36.0 Å². The molecule has 7 nitrogen and oxygen atoms in total. The Labute approximate surface area is 206 Å². The number of anilines is 2. The summed E-state index contributed by atoms with van der Waals surface area (Å²) in [6.45, 7) is 1.26. The molecule has 3 aromatic rings. The summed E-state index contributed by atoms with van der Waals surface area (Å²) in [6, 6.07) is 9.50. The van der Waals surface area contributed by atoms with Gasteiger partial charge in [-0.05, 0) is 35.9 Å². The molecule has 2 N–H and O–H groups in total.